The van der Waals surface area contributed by atoms with Gasteiger partial charge in [-0.05, 0) is 45.7 Å². The molecule has 1 aliphatic rings. The molecule has 21 heavy (non-hydrogen) atoms. The topological polar surface area (TPSA) is 80.1 Å². The molecule has 0 radical (unpaired) electrons. The number of ether oxygens (including phenoxy) is 1. The Morgan fingerprint density at radius 2 is 1.90 bits per heavy atom. The zero-order chi connectivity index (χ0) is 15.5. The molecule has 0 bridgehead atoms. The molecule has 1 aromatic rings. The first-order valence-electron chi connectivity index (χ1n) is 6.90. The number of amides is 2. The molecule has 1 saturated carbocycles. The van der Waals surface area contributed by atoms with Crippen molar-refractivity contribution in [3.63, 3.8) is 0 Å². The molecule has 1 N–H and O–H groups in total. The summed E-state index contributed by atoms with van der Waals surface area (Å²) in [5.41, 5.74) is 0.356. The van der Waals surface area contributed by atoms with Crippen LogP contribution in [0.15, 0.2) is 34.5 Å². The lowest BCUT2D eigenvalue weighted by Gasteiger charge is -2.16. The Labute approximate surface area is 123 Å². The average molecular weight is 289 g/mol. The largest absolute Gasteiger partial charge is 0.452 e. The first-order valence-corrected chi connectivity index (χ1v) is 6.90. The molecular formula is C15H19N3O3. The lowest BCUT2D eigenvalue weighted by atomic mass is 10.2. The molecular weight excluding hydrogens is 270 g/mol. The van der Waals surface area contributed by atoms with Crippen LogP contribution in [0.1, 0.15) is 33.6 Å². The zero-order valence-corrected chi connectivity index (χ0v) is 12.4. The first-order chi connectivity index (χ1) is 9.85. The van der Waals surface area contributed by atoms with Crippen LogP contribution in [0.25, 0.3) is 0 Å². The van der Waals surface area contributed by atoms with E-state index in [-0.39, 0.29) is 11.8 Å². The maximum atomic E-state index is 11.8. The maximum Gasteiger partial charge on any atom is 0.452 e. The Morgan fingerprint density at radius 1 is 1.24 bits per heavy atom. The van der Waals surface area contributed by atoms with Gasteiger partial charge in [-0.3, -0.25) is 4.79 Å². The average Bonchev–Trinajstić information content (AvgIpc) is 3.20. The van der Waals surface area contributed by atoms with E-state index in [9.17, 15) is 9.59 Å². The standard InChI is InChI=1S/C15H19N3O3/c1-15(2,3)21-14(20)18-17-12-7-5-4-6-11(12)16-13(19)10-8-9-10/h4-7,10H,8-9H2,1-3H3,(H,16,19). The van der Waals surface area contributed by atoms with Gasteiger partial charge in [0.1, 0.15) is 11.3 Å². The van der Waals surface area contributed by atoms with E-state index >= 15 is 0 Å². The number of anilines is 1. The molecule has 0 unspecified atom stereocenters. The van der Waals surface area contributed by atoms with Crippen molar-refractivity contribution in [1.82, 2.24) is 0 Å². The Morgan fingerprint density at radius 3 is 2.52 bits per heavy atom. The van der Waals surface area contributed by atoms with E-state index in [1.807, 2.05) is 0 Å². The third-order valence-corrected chi connectivity index (χ3v) is 2.74. The molecule has 1 aromatic carbocycles. The second kappa shape index (κ2) is 6.03. The number of nitrogens with one attached hydrogen (secondary N) is 1. The second-order valence-corrected chi connectivity index (χ2v) is 5.96. The summed E-state index contributed by atoms with van der Waals surface area (Å²) in [6.07, 6.45) is 1.09. The highest BCUT2D eigenvalue weighted by Gasteiger charge is 2.29. The number of hydrogen-bond donors (Lipinski definition) is 1. The van der Waals surface area contributed by atoms with Crippen LogP contribution < -0.4 is 5.32 Å². The van der Waals surface area contributed by atoms with Gasteiger partial charge in [0, 0.05) is 5.92 Å². The van der Waals surface area contributed by atoms with E-state index in [0.717, 1.165) is 12.8 Å². The number of carbonyl (C=O) groups excluding carboxylic acids is 2. The van der Waals surface area contributed by atoms with Gasteiger partial charge in [0.05, 0.1) is 5.69 Å². The van der Waals surface area contributed by atoms with Gasteiger partial charge in [0.2, 0.25) is 5.91 Å². The van der Waals surface area contributed by atoms with E-state index in [1.165, 1.54) is 0 Å². The fourth-order valence-electron chi connectivity index (χ4n) is 1.62. The number of hydrogen-bond acceptors (Lipinski definition) is 4. The van der Waals surface area contributed by atoms with Gasteiger partial charge in [-0.1, -0.05) is 17.2 Å². The summed E-state index contributed by atoms with van der Waals surface area (Å²) in [6.45, 7) is 5.26. The number of benzene rings is 1. The number of nitrogens with zero attached hydrogens (tertiary/aromatic N) is 2. The highest BCUT2D eigenvalue weighted by molar-refractivity contribution is 5.96. The quantitative estimate of drug-likeness (QED) is 0.852. The highest BCUT2D eigenvalue weighted by atomic mass is 16.6. The fraction of sp³-hybridized carbons (Fsp3) is 0.467. The van der Waals surface area contributed by atoms with E-state index in [0.29, 0.717) is 11.4 Å². The Hall–Kier alpha value is -2.24. The monoisotopic (exact) mass is 289 g/mol. The lowest BCUT2D eigenvalue weighted by Crippen LogP contribution is -2.21. The van der Waals surface area contributed by atoms with Crippen LogP contribution >= 0.6 is 0 Å². The zero-order valence-electron chi connectivity index (χ0n) is 12.4. The molecule has 2 rings (SSSR count). The van der Waals surface area contributed by atoms with Crippen molar-refractivity contribution in [2.45, 2.75) is 39.2 Å². The Balaban J connectivity index is 2.05. The number of rotatable bonds is 3. The molecule has 6 heteroatoms. The van der Waals surface area contributed by atoms with Gasteiger partial charge in [-0.25, -0.2) is 4.79 Å². The predicted octanol–water partition coefficient (Wildman–Crippen LogP) is 4.05. The molecule has 1 fully saturated rings. The molecule has 0 aliphatic heterocycles. The lowest BCUT2D eigenvalue weighted by molar-refractivity contribution is -0.117. The van der Waals surface area contributed by atoms with Crippen molar-refractivity contribution in [3.05, 3.63) is 24.3 Å². The maximum absolute atomic E-state index is 11.8. The number of para-hydroxylation sites is 1. The van der Waals surface area contributed by atoms with Crippen LogP contribution in [0.2, 0.25) is 0 Å². The van der Waals surface area contributed by atoms with Crippen molar-refractivity contribution in [2.75, 3.05) is 5.32 Å². The normalized spacial score (nSPS) is 15.0. The molecule has 1 aliphatic carbocycles. The molecule has 0 saturated heterocycles. The van der Waals surface area contributed by atoms with Crippen molar-refractivity contribution in [2.24, 2.45) is 16.1 Å². The van der Waals surface area contributed by atoms with E-state index in [2.05, 4.69) is 15.5 Å². The minimum absolute atomic E-state index is 0.0186. The number of carbonyl (C=O) groups is 2. The van der Waals surface area contributed by atoms with Crippen LogP contribution in [-0.4, -0.2) is 17.6 Å². The van der Waals surface area contributed by atoms with Crippen molar-refractivity contribution < 1.29 is 14.3 Å². The van der Waals surface area contributed by atoms with Crippen molar-refractivity contribution >= 4 is 23.4 Å². The van der Waals surface area contributed by atoms with Gasteiger partial charge >= 0.3 is 6.09 Å². The third-order valence-electron chi connectivity index (χ3n) is 2.74. The van der Waals surface area contributed by atoms with E-state index in [4.69, 9.17) is 4.74 Å². The predicted molar refractivity (Wildman–Crippen MR) is 78.5 cm³/mol. The van der Waals surface area contributed by atoms with Crippen molar-refractivity contribution in [1.29, 1.82) is 0 Å². The summed E-state index contributed by atoms with van der Waals surface area (Å²) in [4.78, 5) is 23.3. The Bertz CT molecular complexity index is 572. The van der Waals surface area contributed by atoms with Crippen LogP contribution in [0.4, 0.5) is 16.2 Å². The Kier molecular flexibility index (Phi) is 4.35. The summed E-state index contributed by atoms with van der Waals surface area (Å²) < 4.78 is 5.04. The highest BCUT2D eigenvalue weighted by Crippen LogP contribution is 2.32. The van der Waals surface area contributed by atoms with Crippen LogP contribution in [0.5, 0.6) is 0 Å². The SMILES string of the molecule is CC(C)(C)OC(=O)N=Nc1ccccc1NC(=O)C1CC1. The van der Waals surface area contributed by atoms with Crippen LogP contribution in [0.3, 0.4) is 0 Å². The van der Waals surface area contributed by atoms with E-state index < -0.39 is 11.7 Å². The second-order valence-electron chi connectivity index (χ2n) is 5.96. The molecule has 2 amide bonds. The molecule has 6 nitrogen and oxygen atoms in total. The van der Waals surface area contributed by atoms with Crippen LogP contribution in [0, 0.1) is 5.92 Å². The minimum atomic E-state index is -0.758. The van der Waals surface area contributed by atoms with Gasteiger partial charge in [0.25, 0.3) is 0 Å². The van der Waals surface area contributed by atoms with Crippen LogP contribution in [-0.2, 0) is 9.53 Å². The molecule has 0 heterocycles. The van der Waals surface area contributed by atoms with Gasteiger partial charge in [-0.2, -0.15) is 0 Å². The fourth-order valence-corrected chi connectivity index (χ4v) is 1.62. The van der Waals surface area contributed by atoms with Gasteiger partial charge in [0.15, 0.2) is 0 Å². The van der Waals surface area contributed by atoms with Gasteiger partial charge < -0.3 is 10.1 Å². The molecule has 0 atom stereocenters. The molecule has 112 valence electrons. The van der Waals surface area contributed by atoms with Gasteiger partial charge in [-0.15, -0.1) is 5.11 Å². The first kappa shape index (κ1) is 15.2. The summed E-state index contributed by atoms with van der Waals surface area (Å²) in [6, 6.07) is 6.95. The summed E-state index contributed by atoms with van der Waals surface area (Å²) in [5.74, 6) is 0.0794. The minimum Gasteiger partial charge on any atom is -0.441 e. The number of azo groups is 1. The summed E-state index contributed by atoms with van der Waals surface area (Å²) in [7, 11) is 0. The smallest absolute Gasteiger partial charge is 0.441 e. The molecule has 0 spiro atoms. The third kappa shape index (κ3) is 4.98. The van der Waals surface area contributed by atoms with Crippen molar-refractivity contribution in [3.8, 4) is 0 Å². The molecule has 0 aromatic heterocycles. The summed E-state index contributed by atoms with van der Waals surface area (Å²) >= 11 is 0. The summed E-state index contributed by atoms with van der Waals surface area (Å²) in [5, 5.41) is 10.2. The van der Waals surface area contributed by atoms with E-state index in [1.54, 1.807) is 45.0 Å².